The fourth-order valence-corrected chi connectivity index (χ4v) is 4.76. The number of nitrogens with one attached hydrogen (secondary N) is 3. The number of nitriles is 1. The van der Waals surface area contributed by atoms with Crippen molar-refractivity contribution in [3.63, 3.8) is 0 Å². The molecule has 0 unspecified atom stereocenters. The zero-order valence-electron chi connectivity index (χ0n) is 21.8. The average Bonchev–Trinajstić information content (AvgIpc) is 3.37. The van der Waals surface area contributed by atoms with Crippen LogP contribution in [-0.4, -0.2) is 47.6 Å². The molecule has 4 N–H and O–H groups in total. The summed E-state index contributed by atoms with van der Waals surface area (Å²) in [4.78, 5) is 38.4. The van der Waals surface area contributed by atoms with E-state index in [1.165, 1.54) is 24.3 Å². The van der Waals surface area contributed by atoms with Crippen LogP contribution in [0, 0.1) is 23.1 Å². The second-order valence-corrected chi connectivity index (χ2v) is 9.89. The van der Waals surface area contributed by atoms with Crippen molar-refractivity contribution < 1.29 is 23.9 Å². The van der Waals surface area contributed by atoms with Gasteiger partial charge in [0.1, 0.15) is 11.9 Å². The van der Waals surface area contributed by atoms with Gasteiger partial charge in [-0.25, -0.2) is 4.39 Å². The van der Waals surface area contributed by atoms with Crippen molar-refractivity contribution in [3.8, 4) is 17.2 Å². The third kappa shape index (κ3) is 7.74. The van der Waals surface area contributed by atoms with Gasteiger partial charge in [0.25, 0.3) is 0 Å². The van der Waals surface area contributed by atoms with Crippen LogP contribution in [0.4, 0.5) is 4.39 Å². The summed E-state index contributed by atoms with van der Waals surface area (Å²) < 4.78 is 13.5. The van der Waals surface area contributed by atoms with Gasteiger partial charge in [0.05, 0.1) is 18.5 Å². The molecule has 8 nitrogen and oxygen atoms in total. The van der Waals surface area contributed by atoms with Crippen molar-refractivity contribution in [1.29, 1.82) is 5.26 Å². The zero-order chi connectivity index (χ0) is 28.5. The molecule has 0 spiro atoms. The van der Waals surface area contributed by atoms with Crippen LogP contribution in [0.15, 0.2) is 78.9 Å². The van der Waals surface area contributed by atoms with Crippen LogP contribution in [0.1, 0.15) is 24.0 Å². The number of carbonyl (C=O) groups excluding carboxylic acids is 3. The molecule has 1 fully saturated rings. The number of rotatable bonds is 11. The van der Waals surface area contributed by atoms with Gasteiger partial charge >= 0.3 is 0 Å². The number of nitrogens with zero attached hydrogens (tertiary/aromatic N) is 1. The van der Waals surface area contributed by atoms with Crippen LogP contribution >= 0.6 is 0 Å². The summed E-state index contributed by atoms with van der Waals surface area (Å²) in [5.74, 6) is -2.09. The molecule has 3 amide bonds. The first-order chi connectivity index (χ1) is 19.3. The van der Waals surface area contributed by atoms with Crippen molar-refractivity contribution in [2.24, 2.45) is 5.92 Å². The molecule has 0 radical (unpaired) electrons. The van der Waals surface area contributed by atoms with Crippen LogP contribution < -0.4 is 16.0 Å². The number of halogens is 1. The van der Waals surface area contributed by atoms with E-state index in [1.807, 2.05) is 54.6 Å². The minimum atomic E-state index is -1.54. The first-order valence-corrected chi connectivity index (χ1v) is 13.2. The first kappa shape index (κ1) is 28.5. The maximum atomic E-state index is 13.5. The molecule has 0 bridgehead atoms. The molecule has 4 rings (SSSR count). The summed E-state index contributed by atoms with van der Waals surface area (Å²) in [5, 5.41) is 27.7. The molecule has 206 valence electrons. The van der Waals surface area contributed by atoms with E-state index < -0.39 is 41.7 Å². The molecule has 0 aliphatic carbocycles. The van der Waals surface area contributed by atoms with Crippen LogP contribution in [-0.2, 0) is 27.2 Å². The molecule has 1 heterocycles. The number of benzene rings is 3. The normalized spacial score (nSPS) is 16.7. The number of aliphatic hydroxyl groups is 1. The Morgan fingerprint density at radius 1 is 0.975 bits per heavy atom. The summed E-state index contributed by atoms with van der Waals surface area (Å²) in [6.45, 7) is 0.488. The highest BCUT2D eigenvalue weighted by atomic mass is 19.1. The van der Waals surface area contributed by atoms with E-state index >= 15 is 0 Å². The van der Waals surface area contributed by atoms with Gasteiger partial charge in [0.2, 0.25) is 17.7 Å². The molecule has 0 aromatic heterocycles. The van der Waals surface area contributed by atoms with Gasteiger partial charge in [-0.15, -0.1) is 0 Å². The number of aliphatic hydroxyl groups excluding tert-OH is 1. The van der Waals surface area contributed by atoms with Gasteiger partial charge in [-0.3, -0.25) is 14.4 Å². The number of carbonyl (C=O) groups is 3. The van der Waals surface area contributed by atoms with Gasteiger partial charge in [0, 0.05) is 18.9 Å². The van der Waals surface area contributed by atoms with E-state index in [0.717, 1.165) is 16.7 Å². The molecule has 40 heavy (non-hydrogen) atoms. The lowest BCUT2D eigenvalue weighted by Crippen LogP contribution is -2.54. The van der Waals surface area contributed by atoms with Crippen molar-refractivity contribution in [2.45, 2.75) is 43.9 Å². The number of hydrogen-bond acceptors (Lipinski definition) is 5. The Morgan fingerprint density at radius 3 is 2.25 bits per heavy atom. The van der Waals surface area contributed by atoms with Gasteiger partial charge in [-0.05, 0) is 47.2 Å². The zero-order valence-corrected chi connectivity index (χ0v) is 21.8. The molecule has 0 saturated carbocycles. The monoisotopic (exact) mass is 542 g/mol. The first-order valence-electron chi connectivity index (χ1n) is 13.2. The predicted molar refractivity (Wildman–Crippen MR) is 147 cm³/mol. The number of amides is 3. The Bertz CT molecular complexity index is 1360. The third-order valence-corrected chi connectivity index (χ3v) is 6.97. The molecule has 1 saturated heterocycles. The second kappa shape index (κ2) is 13.5. The van der Waals surface area contributed by atoms with Crippen molar-refractivity contribution in [1.82, 2.24) is 16.0 Å². The second-order valence-electron chi connectivity index (χ2n) is 9.89. The van der Waals surface area contributed by atoms with E-state index in [-0.39, 0.29) is 25.2 Å². The maximum absolute atomic E-state index is 13.5. The molecule has 4 atom stereocenters. The molecule has 9 heteroatoms. The van der Waals surface area contributed by atoms with Crippen molar-refractivity contribution in [2.75, 3.05) is 6.54 Å². The van der Waals surface area contributed by atoms with E-state index in [9.17, 15) is 29.1 Å². The van der Waals surface area contributed by atoms with E-state index in [1.54, 1.807) is 6.07 Å². The Hall–Kier alpha value is -4.55. The largest absolute Gasteiger partial charge is 0.376 e. The smallest absolute Gasteiger partial charge is 0.243 e. The van der Waals surface area contributed by atoms with Crippen LogP contribution in [0.25, 0.3) is 11.1 Å². The lowest BCUT2D eigenvalue weighted by atomic mass is 9.94. The molecule has 3 aromatic rings. The van der Waals surface area contributed by atoms with Crippen LogP contribution in [0.5, 0.6) is 0 Å². The fourth-order valence-electron chi connectivity index (χ4n) is 4.76. The quantitative estimate of drug-likeness (QED) is 0.277. The third-order valence-electron chi connectivity index (χ3n) is 6.97. The highest BCUT2D eigenvalue weighted by Gasteiger charge is 2.33. The van der Waals surface area contributed by atoms with Crippen molar-refractivity contribution >= 4 is 17.7 Å². The van der Waals surface area contributed by atoms with Gasteiger partial charge < -0.3 is 21.1 Å². The highest BCUT2D eigenvalue weighted by molar-refractivity contribution is 5.89. The summed E-state index contributed by atoms with van der Waals surface area (Å²) in [5.41, 5.74) is 3.43. The summed E-state index contributed by atoms with van der Waals surface area (Å²) in [6.07, 6.45) is -0.846. The van der Waals surface area contributed by atoms with Gasteiger partial charge in [-0.2, -0.15) is 5.26 Å². The van der Waals surface area contributed by atoms with E-state index in [0.29, 0.717) is 18.5 Å². The molecule has 3 aromatic carbocycles. The van der Waals surface area contributed by atoms with E-state index in [4.69, 9.17) is 0 Å². The summed E-state index contributed by atoms with van der Waals surface area (Å²) in [6, 6.07) is 22.6. The summed E-state index contributed by atoms with van der Waals surface area (Å²) in [7, 11) is 0. The Kier molecular flexibility index (Phi) is 9.60. The van der Waals surface area contributed by atoms with Crippen molar-refractivity contribution in [3.05, 3.63) is 95.8 Å². The SMILES string of the molecule is N#C[C@@H](O)[C@H](C[C@@H]1CCNC1=O)NC(=O)[C@H](Cc1ccc(F)cc1)NC(=O)Cc1ccc(-c2ccccc2)cc1. The minimum Gasteiger partial charge on any atom is -0.376 e. The molecular weight excluding hydrogens is 511 g/mol. The Labute approximate surface area is 232 Å². The standard InChI is InChI=1S/C31H31FN4O4/c32-25-12-8-20(9-13-25)16-27(31(40)36-26(28(37)19-33)18-24-14-15-34-30(24)39)35-29(38)17-21-6-10-23(11-7-21)22-4-2-1-3-5-22/h1-13,24,26-28,37H,14-18H2,(H,34,39)(H,35,38)(H,36,40)/t24-,26-,27-,28+/m0/s1. The topological polar surface area (TPSA) is 131 Å². The Morgan fingerprint density at radius 2 is 1.62 bits per heavy atom. The van der Waals surface area contributed by atoms with Crippen LogP contribution in [0.3, 0.4) is 0 Å². The fraction of sp³-hybridized carbons (Fsp3) is 0.290. The van der Waals surface area contributed by atoms with Crippen LogP contribution in [0.2, 0.25) is 0 Å². The Balaban J connectivity index is 1.46. The summed E-state index contributed by atoms with van der Waals surface area (Å²) >= 11 is 0. The molecule has 1 aliphatic rings. The lowest BCUT2D eigenvalue weighted by Gasteiger charge is -2.26. The maximum Gasteiger partial charge on any atom is 0.243 e. The average molecular weight is 543 g/mol. The van der Waals surface area contributed by atoms with Gasteiger partial charge in [-0.1, -0.05) is 66.7 Å². The van der Waals surface area contributed by atoms with Gasteiger partial charge in [0.15, 0.2) is 6.10 Å². The lowest BCUT2D eigenvalue weighted by molar-refractivity contribution is -0.130. The highest BCUT2D eigenvalue weighted by Crippen LogP contribution is 2.20. The molecule has 1 aliphatic heterocycles. The number of hydrogen-bond donors (Lipinski definition) is 4. The van der Waals surface area contributed by atoms with E-state index in [2.05, 4.69) is 16.0 Å². The minimum absolute atomic E-state index is 0.0226. The predicted octanol–water partition coefficient (Wildman–Crippen LogP) is 2.66. The molecular formula is C31H31FN4O4.